The molecule has 10 N–H and O–H groups in total. The molecule has 2 aliphatic heterocycles. The quantitative estimate of drug-likeness (QED) is 0.137. The Hall–Kier alpha value is -3.71. The summed E-state index contributed by atoms with van der Waals surface area (Å²) >= 11 is 0. The summed E-state index contributed by atoms with van der Waals surface area (Å²) in [5, 5.41) is 101. The van der Waals surface area contributed by atoms with Crippen LogP contribution in [-0.2, 0) is 14.2 Å². The van der Waals surface area contributed by atoms with E-state index in [0.29, 0.717) is 0 Å². The molecule has 4 unspecified atom stereocenters. The molecule has 0 bridgehead atoms. The van der Waals surface area contributed by atoms with E-state index in [1.54, 1.807) is 0 Å². The van der Waals surface area contributed by atoms with Gasteiger partial charge in [-0.15, -0.1) is 0 Å². The summed E-state index contributed by atoms with van der Waals surface area (Å²) in [5.41, 5.74) is -1.32. The zero-order valence-corrected chi connectivity index (χ0v) is 21.4. The molecule has 0 amide bonds. The molecule has 0 aliphatic carbocycles. The Morgan fingerprint density at radius 1 is 0.833 bits per heavy atom. The Balaban J connectivity index is 1.58. The lowest BCUT2D eigenvalue weighted by molar-refractivity contribution is -0.348. The molecule has 42 heavy (non-hydrogen) atoms. The third-order valence-electron chi connectivity index (χ3n) is 6.96. The zero-order valence-electron chi connectivity index (χ0n) is 21.4. The highest BCUT2D eigenvalue weighted by Gasteiger charge is 2.49. The molecule has 3 aromatic rings. The summed E-state index contributed by atoms with van der Waals surface area (Å²) in [6, 6.07) is 5.26. The van der Waals surface area contributed by atoms with Gasteiger partial charge in [-0.05, 0) is 18.2 Å². The molecule has 2 fully saturated rings. The van der Waals surface area contributed by atoms with E-state index in [0.717, 1.165) is 24.3 Å². The van der Waals surface area contributed by atoms with Gasteiger partial charge in [0, 0.05) is 17.7 Å². The van der Waals surface area contributed by atoms with Crippen LogP contribution in [0.2, 0.25) is 0 Å². The number of hydrogen-bond donors (Lipinski definition) is 10. The minimum Gasteiger partial charge on any atom is -0.508 e. The second kappa shape index (κ2) is 11.5. The Bertz CT molecular complexity index is 1500. The smallest absolute Gasteiger partial charge is 0.239 e. The maximum atomic E-state index is 13.6. The molecule has 5 rings (SSSR count). The highest BCUT2D eigenvalue weighted by atomic mass is 16.8. The maximum Gasteiger partial charge on any atom is 0.239 e. The van der Waals surface area contributed by atoms with Crippen LogP contribution in [0, 0.1) is 0 Å². The van der Waals surface area contributed by atoms with E-state index in [4.69, 9.17) is 23.4 Å². The average Bonchev–Trinajstić information content (AvgIpc) is 2.94. The first-order valence-electron chi connectivity index (χ1n) is 12.6. The standard InChI is InChI=1S/C26H28O16/c27-6-15-18(34)20(36)21(37)25(40-15)42-24-17(33)13(32)7-38-26(24)41-23-19(35)16-12(31)4-9(28)5-14(16)39-22(23)8-1-2-10(29)11(30)3-8/h1-5,13,15,17-18,20-21,24-34,36-37H,6-7H2/t13-,15?,17?,18-,20?,21-,24?,25+,26+/m1/s1. The second-order valence-electron chi connectivity index (χ2n) is 9.81. The highest BCUT2D eigenvalue weighted by molar-refractivity contribution is 5.88. The van der Waals surface area contributed by atoms with Crippen LogP contribution in [0.3, 0.4) is 0 Å². The van der Waals surface area contributed by atoms with Gasteiger partial charge in [0.15, 0.2) is 29.7 Å². The Kier molecular flexibility index (Phi) is 8.17. The predicted octanol–water partition coefficient (Wildman–Crippen LogP) is -2.08. The van der Waals surface area contributed by atoms with Crippen molar-refractivity contribution in [3.8, 4) is 40.1 Å². The van der Waals surface area contributed by atoms with Crippen molar-refractivity contribution in [3.63, 3.8) is 0 Å². The summed E-state index contributed by atoms with van der Waals surface area (Å²) in [7, 11) is 0. The number of fused-ring (bicyclic) bond motifs is 1. The molecule has 2 saturated heterocycles. The van der Waals surface area contributed by atoms with E-state index in [-0.39, 0.29) is 16.9 Å². The molecule has 0 spiro atoms. The minimum atomic E-state index is -1.90. The van der Waals surface area contributed by atoms with E-state index in [1.165, 1.54) is 6.07 Å². The van der Waals surface area contributed by atoms with E-state index < -0.39 is 108 Å². The fraction of sp³-hybridized carbons (Fsp3) is 0.423. The first-order chi connectivity index (χ1) is 19.9. The van der Waals surface area contributed by atoms with Gasteiger partial charge in [0.05, 0.1) is 13.2 Å². The summed E-state index contributed by atoms with van der Waals surface area (Å²) in [5.74, 6) is -3.28. The van der Waals surface area contributed by atoms with Gasteiger partial charge < -0.3 is 74.4 Å². The second-order valence-corrected chi connectivity index (χ2v) is 9.81. The van der Waals surface area contributed by atoms with E-state index in [1.807, 2.05) is 0 Å². The third kappa shape index (κ3) is 5.31. The monoisotopic (exact) mass is 596 g/mol. The fourth-order valence-electron chi connectivity index (χ4n) is 4.69. The number of ether oxygens (including phenoxy) is 4. The first-order valence-corrected chi connectivity index (χ1v) is 12.6. The van der Waals surface area contributed by atoms with Gasteiger partial charge in [-0.2, -0.15) is 0 Å². The lowest BCUT2D eigenvalue weighted by atomic mass is 9.99. The van der Waals surface area contributed by atoms with Gasteiger partial charge in [-0.25, -0.2) is 0 Å². The normalized spacial score (nSPS) is 31.7. The minimum absolute atomic E-state index is 0.0232. The summed E-state index contributed by atoms with van der Waals surface area (Å²) in [6.45, 7) is -1.31. The van der Waals surface area contributed by atoms with Crippen LogP contribution in [-0.4, -0.2) is 120 Å². The summed E-state index contributed by atoms with van der Waals surface area (Å²) in [4.78, 5) is 13.6. The number of rotatable bonds is 6. The van der Waals surface area contributed by atoms with Crippen molar-refractivity contribution in [1.82, 2.24) is 0 Å². The van der Waals surface area contributed by atoms with Gasteiger partial charge in [-0.3, -0.25) is 4.79 Å². The van der Waals surface area contributed by atoms with Crippen LogP contribution in [0.25, 0.3) is 22.3 Å². The Labute approximate surface area is 235 Å². The Morgan fingerprint density at radius 3 is 2.26 bits per heavy atom. The highest BCUT2D eigenvalue weighted by Crippen LogP contribution is 2.39. The van der Waals surface area contributed by atoms with Crippen molar-refractivity contribution in [3.05, 3.63) is 40.6 Å². The average molecular weight is 596 g/mol. The number of phenolic OH excluding ortho intramolecular Hbond substituents is 4. The number of phenols is 4. The molecule has 2 aromatic carbocycles. The van der Waals surface area contributed by atoms with Crippen molar-refractivity contribution >= 4 is 11.0 Å². The molecule has 1 aromatic heterocycles. The number of aromatic hydroxyl groups is 4. The summed E-state index contributed by atoms with van der Waals surface area (Å²) in [6.07, 6.45) is -15.5. The number of aliphatic hydroxyl groups excluding tert-OH is 6. The summed E-state index contributed by atoms with van der Waals surface area (Å²) < 4.78 is 28.0. The van der Waals surface area contributed by atoms with Crippen molar-refractivity contribution in [2.45, 2.75) is 55.3 Å². The molecule has 9 atom stereocenters. The Morgan fingerprint density at radius 2 is 1.57 bits per heavy atom. The van der Waals surface area contributed by atoms with Crippen molar-refractivity contribution in [2.75, 3.05) is 13.2 Å². The molecule has 2 aliphatic rings. The zero-order chi connectivity index (χ0) is 30.5. The first kappa shape index (κ1) is 29.8. The largest absolute Gasteiger partial charge is 0.508 e. The maximum absolute atomic E-state index is 13.6. The SMILES string of the molecule is O=c1c(O[C@@H]2OC[C@@H](O)C(O)C2O[C@@H]2OC(CO)[C@@H](O)C(O)[C@H]2O)c(-c2ccc(O)c(O)c2)oc2cc(O)cc(O)c12. The van der Waals surface area contributed by atoms with Crippen molar-refractivity contribution in [1.29, 1.82) is 0 Å². The molecule has 0 radical (unpaired) electrons. The lowest BCUT2D eigenvalue weighted by Crippen LogP contribution is -2.63. The van der Waals surface area contributed by atoms with E-state index in [2.05, 4.69) is 0 Å². The molecule has 3 heterocycles. The molecular weight excluding hydrogens is 568 g/mol. The van der Waals surface area contributed by atoms with Gasteiger partial charge in [0.25, 0.3) is 0 Å². The molecule has 228 valence electrons. The third-order valence-corrected chi connectivity index (χ3v) is 6.96. The van der Waals surface area contributed by atoms with Crippen LogP contribution in [0.1, 0.15) is 0 Å². The van der Waals surface area contributed by atoms with Crippen molar-refractivity contribution < 1.29 is 74.4 Å². The topological polar surface area (TPSA) is 269 Å². The predicted molar refractivity (Wildman–Crippen MR) is 136 cm³/mol. The number of aliphatic hydroxyl groups is 6. The van der Waals surface area contributed by atoms with Gasteiger partial charge in [0.2, 0.25) is 17.5 Å². The van der Waals surface area contributed by atoms with E-state index in [9.17, 15) is 55.9 Å². The van der Waals surface area contributed by atoms with Crippen molar-refractivity contribution in [2.24, 2.45) is 0 Å². The van der Waals surface area contributed by atoms with Gasteiger partial charge >= 0.3 is 0 Å². The van der Waals surface area contributed by atoms with Gasteiger partial charge in [0.1, 0.15) is 59.1 Å². The molecule has 16 heteroatoms. The van der Waals surface area contributed by atoms with Crippen LogP contribution in [0.4, 0.5) is 0 Å². The van der Waals surface area contributed by atoms with E-state index >= 15 is 0 Å². The van der Waals surface area contributed by atoms with Crippen LogP contribution in [0.15, 0.2) is 39.5 Å². The van der Waals surface area contributed by atoms with Crippen LogP contribution >= 0.6 is 0 Å². The molecular formula is C26H28O16. The number of hydrogen-bond acceptors (Lipinski definition) is 16. The lowest BCUT2D eigenvalue weighted by Gasteiger charge is -2.44. The molecule has 16 nitrogen and oxygen atoms in total. The number of benzene rings is 2. The van der Waals surface area contributed by atoms with Crippen LogP contribution < -0.4 is 10.2 Å². The fourth-order valence-corrected chi connectivity index (χ4v) is 4.69. The van der Waals surface area contributed by atoms with Gasteiger partial charge in [-0.1, -0.05) is 0 Å². The molecule has 0 saturated carbocycles. The van der Waals surface area contributed by atoms with Crippen LogP contribution in [0.5, 0.6) is 28.7 Å².